The van der Waals surface area contributed by atoms with E-state index in [1.54, 1.807) is 18.3 Å². The molecule has 2 N–H and O–H groups in total. The van der Waals surface area contributed by atoms with Crippen molar-refractivity contribution in [1.82, 2.24) is 14.9 Å². The van der Waals surface area contributed by atoms with Gasteiger partial charge in [0.15, 0.2) is 16.7 Å². The number of carbonyl (C=O) groups excluding carboxylic acids is 3. The molecule has 1 fully saturated rings. The molecule has 5 aromatic rings. The Labute approximate surface area is 294 Å². The lowest BCUT2D eigenvalue weighted by atomic mass is 10.1. The lowest BCUT2D eigenvalue weighted by molar-refractivity contribution is -0.120. The number of halogens is 1. The van der Waals surface area contributed by atoms with Crippen LogP contribution in [0.1, 0.15) is 51.0 Å². The van der Waals surface area contributed by atoms with E-state index in [9.17, 15) is 18.8 Å². The molecular weight excluding hydrogens is 656 g/mol. The SMILES string of the molecule is Cn1cc(CCC(=O)SCC(=O)NCCCCCOc2ccc3c(Oc4ccc(NC(=O)C5(C)CC5)cc4F)ccnc3c2)c2ccccc21. The van der Waals surface area contributed by atoms with E-state index < -0.39 is 5.82 Å². The Kier molecular flexibility index (Phi) is 11.0. The topological polar surface area (TPSA) is 112 Å². The summed E-state index contributed by atoms with van der Waals surface area (Å²) < 4.78 is 28.8. The molecule has 11 heteroatoms. The molecule has 0 radical (unpaired) electrons. The normalized spacial score (nSPS) is 13.3. The Hall–Kier alpha value is -4.90. The second-order valence-corrected chi connectivity index (χ2v) is 14.0. The zero-order valence-corrected chi connectivity index (χ0v) is 29.1. The maximum Gasteiger partial charge on any atom is 0.230 e. The van der Waals surface area contributed by atoms with Crippen molar-refractivity contribution >= 4 is 56.2 Å². The Balaban J connectivity index is 0.871. The standard InChI is InChI=1S/C39H41FN4O5S/c1-39(17-18-39)38(47)43-27-11-14-35(31(40)22-27)49-34-16-20-41-32-23-28(12-13-30(32)34)48-21-7-3-6-19-42-36(45)25-50-37(46)15-10-26-24-44(2)33-9-5-4-8-29(26)33/h4-5,8-9,11-14,16,20,22-24H,3,6-7,10,15,17-19,21,25H2,1-2H3,(H,42,45)(H,43,47). The number of ether oxygens (including phenoxy) is 2. The molecule has 0 aliphatic heterocycles. The average Bonchev–Trinajstić information content (AvgIpc) is 3.79. The number of aromatic nitrogens is 2. The molecule has 9 nitrogen and oxygen atoms in total. The van der Waals surface area contributed by atoms with E-state index in [0.717, 1.165) is 60.3 Å². The third kappa shape index (κ3) is 8.81. The zero-order valence-electron chi connectivity index (χ0n) is 28.3. The molecule has 0 bridgehead atoms. The van der Waals surface area contributed by atoms with Crippen LogP contribution in [0.3, 0.4) is 0 Å². The van der Waals surface area contributed by atoms with Gasteiger partial charge in [-0.3, -0.25) is 19.4 Å². The van der Waals surface area contributed by atoms with Crippen LogP contribution in [0.4, 0.5) is 10.1 Å². The summed E-state index contributed by atoms with van der Waals surface area (Å²) in [6, 6.07) is 19.7. The first kappa shape index (κ1) is 34.9. The Morgan fingerprint density at radius 2 is 1.82 bits per heavy atom. The molecule has 50 heavy (non-hydrogen) atoms. The number of aryl methyl sites for hydroxylation is 2. The smallest absolute Gasteiger partial charge is 0.230 e. The highest BCUT2D eigenvalue weighted by Gasteiger charge is 2.44. The van der Waals surface area contributed by atoms with Crippen LogP contribution >= 0.6 is 11.8 Å². The van der Waals surface area contributed by atoms with Crippen LogP contribution in [-0.2, 0) is 27.9 Å². The van der Waals surface area contributed by atoms with Crippen LogP contribution in [0.5, 0.6) is 17.2 Å². The van der Waals surface area contributed by atoms with Crippen molar-refractivity contribution in [3.05, 3.63) is 90.5 Å². The Bertz CT molecular complexity index is 2030. The molecule has 0 atom stereocenters. The predicted molar refractivity (Wildman–Crippen MR) is 195 cm³/mol. The van der Waals surface area contributed by atoms with E-state index in [1.165, 1.54) is 12.1 Å². The van der Waals surface area contributed by atoms with Crippen molar-refractivity contribution in [3.8, 4) is 17.2 Å². The quantitative estimate of drug-likeness (QED) is 0.101. The van der Waals surface area contributed by atoms with E-state index >= 15 is 0 Å². The summed E-state index contributed by atoms with van der Waals surface area (Å²) in [5, 5.41) is 7.56. The van der Waals surface area contributed by atoms with Gasteiger partial charge in [-0.05, 0) is 80.5 Å². The number of amides is 2. The van der Waals surface area contributed by atoms with E-state index in [-0.39, 0.29) is 33.8 Å². The van der Waals surface area contributed by atoms with Gasteiger partial charge in [0.05, 0.1) is 17.9 Å². The number of nitrogens with one attached hydrogen (secondary N) is 2. The van der Waals surface area contributed by atoms with Crippen LogP contribution in [-0.4, -0.2) is 45.4 Å². The maximum absolute atomic E-state index is 14.9. The van der Waals surface area contributed by atoms with Crippen molar-refractivity contribution in [2.75, 3.05) is 24.2 Å². The van der Waals surface area contributed by atoms with E-state index in [4.69, 9.17) is 9.47 Å². The number of para-hydroxylation sites is 1. The third-order valence-electron chi connectivity index (χ3n) is 8.99. The molecule has 1 aliphatic rings. The Morgan fingerprint density at radius 1 is 0.980 bits per heavy atom. The van der Waals surface area contributed by atoms with E-state index in [1.807, 2.05) is 44.3 Å². The number of fused-ring (bicyclic) bond motifs is 2. The molecule has 0 unspecified atom stereocenters. The van der Waals surface area contributed by atoms with Crippen molar-refractivity contribution in [2.24, 2.45) is 12.5 Å². The van der Waals surface area contributed by atoms with Crippen molar-refractivity contribution in [2.45, 2.75) is 51.9 Å². The minimum absolute atomic E-state index is 0.0164. The minimum Gasteiger partial charge on any atom is -0.494 e. The number of carbonyl (C=O) groups is 3. The number of thioether (sulfide) groups is 1. The highest BCUT2D eigenvalue weighted by atomic mass is 32.2. The molecule has 2 aromatic heterocycles. The summed E-state index contributed by atoms with van der Waals surface area (Å²) in [6.45, 7) is 2.95. The lowest BCUT2D eigenvalue weighted by Gasteiger charge is -2.13. The van der Waals surface area contributed by atoms with Gasteiger partial charge in [-0.15, -0.1) is 0 Å². The minimum atomic E-state index is -0.578. The average molecular weight is 697 g/mol. The van der Waals surface area contributed by atoms with Gasteiger partial charge in [0, 0.05) is 71.9 Å². The Morgan fingerprint density at radius 3 is 2.64 bits per heavy atom. The molecule has 0 spiro atoms. The predicted octanol–water partition coefficient (Wildman–Crippen LogP) is 7.95. The van der Waals surface area contributed by atoms with Crippen molar-refractivity contribution < 1.29 is 28.2 Å². The van der Waals surface area contributed by atoms with Crippen LogP contribution in [0.2, 0.25) is 0 Å². The molecule has 0 saturated heterocycles. The maximum atomic E-state index is 14.9. The number of rotatable bonds is 16. The fourth-order valence-electron chi connectivity index (χ4n) is 5.71. The zero-order chi connectivity index (χ0) is 35.1. The highest BCUT2D eigenvalue weighted by Crippen LogP contribution is 2.46. The summed E-state index contributed by atoms with van der Waals surface area (Å²) in [5.74, 6) is 0.471. The summed E-state index contributed by atoms with van der Waals surface area (Å²) >= 11 is 1.07. The van der Waals surface area contributed by atoms with Gasteiger partial charge in [-0.25, -0.2) is 4.39 Å². The fraction of sp³-hybridized carbons (Fsp3) is 0.333. The van der Waals surface area contributed by atoms with Crippen LogP contribution < -0.4 is 20.1 Å². The number of benzene rings is 3. The van der Waals surface area contributed by atoms with E-state index in [2.05, 4.69) is 38.5 Å². The number of hydrogen-bond donors (Lipinski definition) is 2. The van der Waals surface area contributed by atoms with E-state index in [0.29, 0.717) is 54.1 Å². The van der Waals surface area contributed by atoms with Crippen LogP contribution in [0, 0.1) is 11.2 Å². The molecule has 260 valence electrons. The first-order valence-corrected chi connectivity index (χ1v) is 17.9. The molecular formula is C39H41FN4O5S. The summed E-state index contributed by atoms with van der Waals surface area (Å²) in [7, 11) is 2.00. The first-order valence-electron chi connectivity index (χ1n) is 16.9. The second kappa shape index (κ2) is 15.8. The van der Waals surface area contributed by atoms with Gasteiger partial charge < -0.3 is 24.7 Å². The van der Waals surface area contributed by atoms with Gasteiger partial charge in [-0.2, -0.15) is 0 Å². The molecule has 6 rings (SSSR count). The molecule has 3 aromatic carbocycles. The van der Waals surface area contributed by atoms with Crippen LogP contribution in [0.15, 0.2) is 79.1 Å². The van der Waals surface area contributed by atoms with Gasteiger partial charge in [0.25, 0.3) is 0 Å². The summed E-state index contributed by atoms with van der Waals surface area (Å²) in [4.78, 5) is 41.4. The third-order valence-corrected chi connectivity index (χ3v) is 9.92. The number of hydrogen-bond acceptors (Lipinski definition) is 7. The lowest BCUT2D eigenvalue weighted by Crippen LogP contribution is -2.26. The largest absolute Gasteiger partial charge is 0.494 e. The number of pyridine rings is 1. The number of nitrogens with zero attached hydrogens (tertiary/aromatic N) is 2. The van der Waals surface area contributed by atoms with Crippen molar-refractivity contribution in [1.29, 1.82) is 0 Å². The van der Waals surface area contributed by atoms with Gasteiger partial charge in [0.2, 0.25) is 11.8 Å². The highest BCUT2D eigenvalue weighted by molar-refractivity contribution is 8.14. The number of anilines is 1. The summed E-state index contributed by atoms with van der Waals surface area (Å²) in [5.41, 5.74) is 2.98. The van der Waals surface area contributed by atoms with Gasteiger partial charge >= 0.3 is 0 Å². The van der Waals surface area contributed by atoms with Crippen molar-refractivity contribution in [3.63, 3.8) is 0 Å². The molecule has 1 aliphatic carbocycles. The van der Waals surface area contributed by atoms with Crippen LogP contribution in [0.25, 0.3) is 21.8 Å². The molecule has 2 amide bonds. The first-order chi connectivity index (χ1) is 24.2. The second-order valence-electron chi connectivity index (χ2n) is 13.0. The summed E-state index contributed by atoms with van der Waals surface area (Å²) in [6.07, 6.45) is 8.87. The monoisotopic (exact) mass is 696 g/mol. The van der Waals surface area contributed by atoms with Gasteiger partial charge in [0.1, 0.15) is 11.5 Å². The fourth-order valence-corrected chi connectivity index (χ4v) is 6.35. The molecule has 2 heterocycles. The number of unbranched alkanes of at least 4 members (excludes halogenated alkanes) is 2. The van der Waals surface area contributed by atoms with Gasteiger partial charge in [-0.1, -0.05) is 36.9 Å². The molecule has 1 saturated carbocycles.